The monoisotopic (exact) mass is 939 g/mol. The van der Waals surface area contributed by atoms with Crippen LogP contribution in [0.1, 0.15) is 54.6 Å². The van der Waals surface area contributed by atoms with Crippen LogP contribution in [0.25, 0.3) is 22.0 Å². The predicted octanol–water partition coefficient (Wildman–Crippen LogP) is 3.16. The average molecular weight is 940 g/mol. The van der Waals surface area contributed by atoms with Gasteiger partial charge in [0.05, 0.1) is 27.2 Å². The maximum absolute atomic E-state index is 14.4. The Hall–Kier alpha value is -8.12. The lowest BCUT2D eigenvalue weighted by Crippen LogP contribution is -2.29. The number of nitrogens with zero attached hydrogens (tertiary/aromatic N) is 3. The molecule has 7 aromatic rings. The number of ether oxygens (including phenoxy) is 1. The molecule has 20 nitrogen and oxygen atoms in total. The molecule has 0 bridgehead atoms. The summed E-state index contributed by atoms with van der Waals surface area (Å²) in [4.78, 5) is 76.5. The molecule has 23 heteroatoms. The highest BCUT2D eigenvalue weighted by molar-refractivity contribution is 7.85. The van der Waals surface area contributed by atoms with Crippen LogP contribution in [-0.4, -0.2) is 75.8 Å². The zero-order chi connectivity index (χ0) is 47.2. The van der Waals surface area contributed by atoms with Crippen molar-refractivity contribution < 1.29 is 57.3 Å². The van der Waals surface area contributed by atoms with E-state index in [-0.39, 0.29) is 64.7 Å². The summed E-state index contributed by atoms with van der Waals surface area (Å²) in [5.41, 5.74) is 1.69. The van der Waals surface area contributed by atoms with Crippen molar-refractivity contribution in [3.63, 3.8) is 0 Å². The predicted molar refractivity (Wildman–Crippen MR) is 228 cm³/mol. The lowest BCUT2D eigenvalue weighted by Gasteiger charge is -2.25. The third-order valence-corrected chi connectivity index (χ3v) is 10.7. The highest BCUT2D eigenvalue weighted by Gasteiger charge is 2.34. The van der Waals surface area contributed by atoms with Crippen molar-refractivity contribution >= 4 is 71.7 Å². The maximum Gasteiger partial charge on any atom is 0.425 e. The third kappa shape index (κ3) is 10.4. The van der Waals surface area contributed by atoms with Crippen molar-refractivity contribution in [2.75, 3.05) is 5.32 Å². The molecule has 1 aliphatic rings. The number of anilines is 2. The van der Waals surface area contributed by atoms with Crippen molar-refractivity contribution in [2.24, 2.45) is 7.05 Å². The Morgan fingerprint density at radius 1 is 0.785 bits per heavy atom. The first kappa shape index (κ1) is 46.4. The molecule has 65 heavy (non-hydrogen) atoms. The Balaban J connectivity index is 0.000000810. The van der Waals surface area contributed by atoms with Crippen molar-refractivity contribution in [1.82, 2.24) is 19.5 Å². The Kier molecular flexibility index (Phi) is 13.9. The Morgan fingerprint density at radius 2 is 1.42 bits per heavy atom. The molecule has 0 aliphatic heterocycles. The van der Waals surface area contributed by atoms with Gasteiger partial charge >= 0.3 is 26.9 Å². The van der Waals surface area contributed by atoms with E-state index in [9.17, 15) is 36.9 Å². The van der Waals surface area contributed by atoms with Crippen LogP contribution in [0.5, 0.6) is 5.75 Å². The molecular formula is C42H29N5O15S3. The van der Waals surface area contributed by atoms with Gasteiger partial charge in [-0.3, -0.25) is 28.7 Å². The Morgan fingerprint density at radius 3 is 2.08 bits per heavy atom. The molecule has 0 atom stereocenters. The number of aromatic nitrogens is 4. The fraction of sp³-hybridized carbons (Fsp3) is 0.0714. The summed E-state index contributed by atoms with van der Waals surface area (Å²) in [6.07, 6.45) is -0.280. The normalized spacial score (nSPS) is 11.2. The van der Waals surface area contributed by atoms with Crippen LogP contribution in [0.3, 0.4) is 0 Å². The molecule has 0 radical (unpaired) electrons. The number of H-pyrrole nitrogens is 1. The van der Waals surface area contributed by atoms with Crippen molar-refractivity contribution in [3.8, 4) is 16.9 Å². The highest BCUT2D eigenvalue weighted by atomic mass is 32.2. The largest absolute Gasteiger partial charge is 0.428 e. The number of nitrogens with one attached hydrogen (secondary N) is 2. The van der Waals surface area contributed by atoms with E-state index in [2.05, 4.69) is 20.3 Å². The van der Waals surface area contributed by atoms with E-state index in [0.29, 0.717) is 44.5 Å². The highest BCUT2D eigenvalue weighted by Crippen LogP contribution is 2.44. The fourth-order valence-electron chi connectivity index (χ4n) is 7.23. The number of aryl methyl sites for hydroxylation is 1. The fourth-order valence-corrected chi connectivity index (χ4v) is 7.93. The van der Waals surface area contributed by atoms with Gasteiger partial charge in [-0.25, -0.2) is 9.78 Å². The molecule has 1 aliphatic carbocycles. The molecule has 5 aromatic carbocycles. The number of para-hydroxylation sites is 1. The van der Waals surface area contributed by atoms with Crippen molar-refractivity contribution in [2.45, 2.75) is 17.7 Å². The molecule has 0 fully saturated rings. The number of fused-ring (bicyclic) bond motifs is 2. The smallest absolute Gasteiger partial charge is 0.425 e. The van der Waals surface area contributed by atoms with Gasteiger partial charge in [0.1, 0.15) is 17.4 Å². The first-order valence-corrected chi connectivity index (χ1v) is 21.8. The maximum atomic E-state index is 14.4. The summed E-state index contributed by atoms with van der Waals surface area (Å²) in [6.45, 7) is 0.272. The standard InChI is InChI=1S/C42H29N5O9S.2O3S/c1-47-30-17-16-29(36-37(30)35(27-12-6-7-13-28(27)40(36)50)38(41(47)51)39(49)23-9-3-2-4-10-23)43-26-15-18-32(57(53,54)55)25(19-26)21-34-44-33(45-42(52)46-34)20-24-11-5-8-14-31(24)56-22-48;2*1-4(2)3/h2-19,22,43H,20-21H2,1H3,(H,53,54,55)(H,44,45,46,52);;. The van der Waals surface area contributed by atoms with Crippen molar-refractivity contribution in [1.29, 1.82) is 0 Å². The summed E-state index contributed by atoms with van der Waals surface area (Å²) in [5, 5.41) is 3.59. The van der Waals surface area contributed by atoms with Gasteiger partial charge in [-0.15, -0.1) is 25.3 Å². The summed E-state index contributed by atoms with van der Waals surface area (Å²) in [7, 11) is -9.47. The number of hydrogen-bond acceptors (Lipinski definition) is 17. The molecule has 2 aromatic heterocycles. The van der Waals surface area contributed by atoms with Gasteiger partial charge in [0.25, 0.3) is 22.1 Å². The molecule has 330 valence electrons. The second-order valence-corrected chi connectivity index (χ2v) is 15.8. The van der Waals surface area contributed by atoms with E-state index in [1.54, 1.807) is 91.0 Å². The molecule has 2 heterocycles. The van der Waals surface area contributed by atoms with Crippen molar-refractivity contribution in [3.05, 3.63) is 175 Å². The summed E-state index contributed by atoms with van der Waals surface area (Å²) >= 11 is 0. The van der Waals surface area contributed by atoms with Crippen LogP contribution in [0.2, 0.25) is 0 Å². The van der Waals surface area contributed by atoms with E-state index < -0.39 is 53.3 Å². The van der Waals surface area contributed by atoms with Gasteiger partial charge in [0.15, 0.2) is 11.6 Å². The van der Waals surface area contributed by atoms with Gasteiger partial charge < -0.3 is 14.6 Å². The average Bonchev–Trinajstić information content (AvgIpc) is 3.24. The van der Waals surface area contributed by atoms with Crippen LogP contribution in [-0.2, 0) is 56.0 Å². The molecular weight excluding hydrogens is 911 g/mol. The Bertz CT molecular complexity index is 3520. The minimum absolute atomic E-state index is 0.00181. The lowest BCUT2D eigenvalue weighted by molar-refractivity contribution is -0.120. The lowest BCUT2D eigenvalue weighted by atomic mass is 9.80. The first-order valence-electron chi connectivity index (χ1n) is 18.4. The molecule has 3 N–H and O–H groups in total. The summed E-state index contributed by atoms with van der Waals surface area (Å²) in [6, 6.07) is 29.0. The molecule has 0 unspecified atom stereocenters. The van der Waals surface area contributed by atoms with E-state index in [0.717, 1.165) is 0 Å². The van der Waals surface area contributed by atoms with E-state index in [4.69, 9.17) is 30.0 Å². The third-order valence-electron chi connectivity index (χ3n) is 9.71. The van der Waals surface area contributed by atoms with Crippen LogP contribution in [0, 0.1) is 0 Å². The number of carbonyl (C=O) groups excluding carboxylic acids is 3. The minimum Gasteiger partial charge on any atom is -0.428 e. The molecule has 8 rings (SSSR count). The van der Waals surface area contributed by atoms with Gasteiger partial charge in [-0.05, 0) is 47.5 Å². The second-order valence-electron chi connectivity index (χ2n) is 13.6. The van der Waals surface area contributed by atoms with Crippen LogP contribution in [0.15, 0.2) is 124 Å². The first-order chi connectivity index (χ1) is 30.9. The van der Waals surface area contributed by atoms with Crippen LogP contribution >= 0.6 is 0 Å². The molecule has 0 saturated heterocycles. The number of carbonyl (C=O) groups is 3. The van der Waals surface area contributed by atoms with Crippen LogP contribution < -0.4 is 21.3 Å². The van der Waals surface area contributed by atoms with Gasteiger partial charge in [0.2, 0.25) is 0 Å². The summed E-state index contributed by atoms with van der Waals surface area (Å²) in [5.74, 6) is -0.550. The van der Waals surface area contributed by atoms with Gasteiger partial charge in [-0.2, -0.15) is 13.4 Å². The number of rotatable bonds is 11. The van der Waals surface area contributed by atoms with Gasteiger partial charge in [0, 0.05) is 53.2 Å². The minimum atomic E-state index is -4.78. The van der Waals surface area contributed by atoms with Gasteiger partial charge in [-0.1, -0.05) is 72.8 Å². The molecule has 0 amide bonds. The number of pyridine rings is 1. The SMILES string of the molecule is Cn1c(=O)c(C(=O)c2ccccc2)c2c3c(c(Nc4ccc(S(=O)(=O)O)c(Cc5nc(Cc6ccccc6OC=O)nc(=O)[nH]5)c4)ccc31)C(=O)c1ccccc1-2.O=S(=O)=O.O=S(=O)=O. The topological polar surface area (TPSA) is 310 Å². The zero-order valence-corrected chi connectivity index (χ0v) is 35.6. The summed E-state index contributed by atoms with van der Waals surface area (Å²) < 4.78 is 92.4. The molecule has 0 saturated carbocycles. The van der Waals surface area contributed by atoms with E-state index >= 15 is 0 Å². The number of aromatic amines is 1. The second kappa shape index (κ2) is 19.5. The molecule has 0 spiro atoms. The number of ketones is 2. The number of hydrogen-bond donors (Lipinski definition) is 3. The quantitative estimate of drug-likeness (QED) is 0.0953. The number of benzene rings is 5. The van der Waals surface area contributed by atoms with Crippen LogP contribution in [0.4, 0.5) is 11.4 Å². The van der Waals surface area contributed by atoms with E-state index in [1.165, 1.54) is 29.8 Å². The van der Waals surface area contributed by atoms with E-state index in [1.807, 2.05) is 0 Å². The Labute approximate surface area is 369 Å². The zero-order valence-electron chi connectivity index (χ0n) is 33.1.